The maximum absolute atomic E-state index is 8.85. The van der Waals surface area contributed by atoms with E-state index in [0.29, 0.717) is 12.0 Å². The topological polar surface area (TPSA) is 33.0 Å². The summed E-state index contributed by atoms with van der Waals surface area (Å²) in [5, 5.41) is 8.85. The third-order valence-electron chi connectivity index (χ3n) is 4.98. The summed E-state index contributed by atoms with van der Waals surface area (Å²) >= 11 is 0. The zero-order valence-electron chi connectivity index (χ0n) is 12.1. The smallest absolute Gasteiger partial charge is 0.0991 e. The minimum absolute atomic E-state index is 0.548. The van der Waals surface area contributed by atoms with Crippen molar-refractivity contribution in [1.82, 2.24) is 0 Å². The average Bonchev–Trinajstić information content (AvgIpc) is 3.01. The Morgan fingerprint density at radius 3 is 2.40 bits per heavy atom. The molecule has 2 heteroatoms. The lowest BCUT2D eigenvalue weighted by Crippen LogP contribution is -2.18. The van der Waals surface area contributed by atoms with E-state index in [4.69, 9.17) is 10.00 Å². The molecule has 0 N–H and O–H groups in total. The van der Waals surface area contributed by atoms with Gasteiger partial charge in [-0.15, -0.1) is 0 Å². The first-order valence-corrected chi connectivity index (χ1v) is 7.97. The predicted molar refractivity (Wildman–Crippen MR) is 79.4 cm³/mol. The Hall–Kier alpha value is -1.33. The summed E-state index contributed by atoms with van der Waals surface area (Å²) in [5.74, 6) is 1.57. The zero-order valence-corrected chi connectivity index (χ0v) is 12.1. The fourth-order valence-electron chi connectivity index (χ4n) is 3.76. The molecule has 1 saturated carbocycles. The van der Waals surface area contributed by atoms with Crippen molar-refractivity contribution in [2.24, 2.45) is 5.92 Å². The van der Waals surface area contributed by atoms with Crippen molar-refractivity contribution in [3.63, 3.8) is 0 Å². The number of hydrogen-bond acceptors (Lipinski definition) is 2. The van der Waals surface area contributed by atoms with Crippen LogP contribution in [0.5, 0.6) is 0 Å². The van der Waals surface area contributed by atoms with Gasteiger partial charge in [0.15, 0.2) is 0 Å². The van der Waals surface area contributed by atoms with Crippen LogP contribution in [0.15, 0.2) is 24.3 Å². The first kappa shape index (κ1) is 13.6. The van der Waals surface area contributed by atoms with Gasteiger partial charge < -0.3 is 4.74 Å². The highest BCUT2D eigenvalue weighted by Crippen LogP contribution is 2.38. The van der Waals surface area contributed by atoms with E-state index < -0.39 is 0 Å². The molecule has 20 heavy (non-hydrogen) atoms. The van der Waals surface area contributed by atoms with Crippen LogP contribution in [0.1, 0.15) is 62.0 Å². The summed E-state index contributed by atoms with van der Waals surface area (Å²) in [6.07, 6.45) is 9.62. The maximum Gasteiger partial charge on any atom is 0.0991 e. The maximum atomic E-state index is 8.85. The van der Waals surface area contributed by atoms with Crippen molar-refractivity contribution in [2.45, 2.75) is 57.0 Å². The molecule has 1 aliphatic carbocycles. The highest BCUT2D eigenvalue weighted by molar-refractivity contribution is 5.33. The van der Waals surface area contributed by atoms with Crippen LogP contribution in [-0.4, -0.2) is 12.7 Å². The van der Waals surface area contributed by atoms with Crippen LogP contribution in [0, 0.1) is 17.2 Å². The molecule has 1 heterocycles. The summed E-state index contributed by atoms with van der Waals surface area (Å²) in [6, 6.07) is 10.4. The zero-order chi connectivity index (χ0) is 13.8. The molecule has 0 bridgehead atoms. The molecule has 2 fully saturated rings. The molecule has 0 amide bonds. The van der Waals surface area contributed by atoms with Crippen molar-refractivity contribution >= 4 is 0 Å². The molecule has 2 aliphatic rings. The standard InChI is InChI=1S/C18H23NO/c19-13-15-5-9-17(10-6-15)16-7-3-14(4-8-16)12-18-2-1-11-20-18/h5-6,9-10,14,16,18H,1-4,7-8,11-12H2. The molecule has 106 valence electrons. The summed E-state index contributed by atoms with van der Waals surface area (Å²) in [4.78, 5) is 0. The Morgan fingerprint density at radius 2 is 1.80 bits per heavy atom. The van der Waals surface area contributed by atoms with Gasteiger partial charge >= 0.3 is 0 Å². The van der Waals surface area contributed by atoms with Gasteiger partial charge in [-0.2, -0.15) is 5.26 Å². The Kier molecular flexibility index (Phi) is 4.38. The van der Waals surface area contributed by atoms with Crippen LogP contribution in [-0.2, 0) is 4.74 Å². The van der Waals surface area contributed by atoms with Crippen molar-refractivity contribution in [1.29, 1.82) is 5.26 Å². The second-order valence-electron chi connectivity index (χ2n) is 6.32. The highest BCUT2D eigenvalue weighted by Gasteiger charge is 2.26. The van der Waals surface area contributed by atoms with E-state index in [0.717, 1.165) is 18.1 Å². The van der Waals surface area contributed by atoms with E-state index in [1.165, 1.54) is 50.5 Å². The number of hydrogen-bond donors (Lipinski definition) is 0. The van der Waals surface area contributed by atoms with Gasteiger partial charge in [0, 0.05) is 6.61 Å². The predicted octanol–water partition coefficient (Wildman–Crippen LogP) is 4.40. The Morgan fingerprint density at radius 1 is 1.05 bits per heavy atom. The van der Waals surface area contributed by atoms with Gasteiger partial charge in [0.1, 0.15) is 0 Å². The lowest BCUT2D eigenvalue weighted by atomic mass is 9.76. The number of ether oxygens (including phenoxy) is 1. The Balaban J connectivity index is 1.51. The summed E-state index contributed by atoms with van der Waals surface area (Å²) in [5.41, 5.74) is 2.18. The molecule has 0 aromatic heterocycles. The summed E-state index contributed by atoms with van der Waals surface area (Å²) in [6.45, 7) is 0.977. The monoisotopic (exact) mass is 269 g/mol. The van der Waals surface area contributed by atoms with E-state index in [1.807, 2.05) is 12.1 Å². The molecule has 1 aromatic carbocycles. The normalized spacial score (nSPS) is 30.1. The molecule has 0 radical (unpaired) electrons. The quantitative estimate of drug-likeness (QED) is 0.814. The Bertz CT molecular complexity index is 459. The van der Waals surface area contributed by atoms with Crippen LogP contribution in [0.25, 0.3) is 0 Å². The highest BCUT2D eigenvalue weighted by atomic mass is 16.5. The molecule has 2 nitrogen and oxygen atoms in total. The fourth-order valence-corrected chi connectivity index (χ4v) is 3.76. The number of nitriles is 1. The molecular formula is C18H23NO. The minimum Gasteiger partial charge on any atom is -0.378 e. The summed E-state index contributed by atoms with van der Waals surface area (Å²) < 4.78 is 5.76. The molecule has 1 saturated heterocycles. The van der Waals surface area contributed by atoms with Gasteiger partial charge in [-0.25, -0.2) is 0 Å². The van der Waals surface area contributed by atoms with E-state index in [9.17, 15) is 0 Å². The van der Waals surface area contributed by atoms with E-state index >= 15 is 0 Å². The van der Waals surface area contributed by atoms with E-state index in [1.54, 1.807) is 0 Å². The average molecular weight is 269 g/mol. The lowest BCUT2D eigenvalue weighted by molar-refractivity contribution is 0.0819. The molecule has 1 atom stereocenters. The largest absolute Gasteiger partial charge is 0.378 e. The summed E-state index contributed by atoms with van der Waals surface area (Å²) in [7, 11) is 0. The first-order chi connectivity index (χ1) is 9.85. The molecule has 1 aliphatic heterocycles. The van der Waals surface area contributed by atoms with E-state index in [-0.39, 0.29) is 0 Å². The van der Waals surface area contributed by atoms with Crippen molar-refractivity contribution in [2.75, 3.05) is 6.61 Å². The van der Waals surface area contributed by atoms with Crippen LogP contribution in [0.3, 0.4) is 0 Å². The third kappa shape index (κ3) is 3.22. The second kappa shape index (κ2) is 6.41. The SMILES string of the molecule is N#Cc1ccc(C2CCC(CC3CCCO3)CC2)cc1. The van der Waals surface area contributed by atoms with Gasteiger partial charge in [-0.05, 0) is 74.5 Å². The first-order valence-electron chi connectivity index (χ1n) is 7.97. The lowest BCUT2D eigenvalue weighted by Gasteiger charge is -2.30. The second-order valence-corrected chi connectivity index (χ2v) is 6.32. The van der Waals surface area contributed by atoms with Crippen LogP contribution >= 0.6 is 0 Å². The molecule has 1 aromatic rings. The van der Waals surface area contributed by atoms with Gasteiger partial charge in [-0.1, -0.05) is 12.1 Å². The number of nitrogens with zero attached hydrogens (tertiary/aromatic N) is 1. The van der Waals surface area contributed by atoms with Gasteiger partial charge in [0.2, 0.25) is 0 Å². The van der Waals surface area contributed by atoms with Crippen molar-refractivity contribution in [3.8, 4) is 6.07 Å². The van der Waals surface area contributed by atoms with Crippen molar-refractivity contribution < 1.29 is 4.74 Å². The van der Waals surface area contributed by atoms with Gasteiger partial charge in [-0.3, -0.25) is 0 Å². The van der Waals surface area contributed by atoms with Gasteiger partial charge in [0.05, 0.1) is 17.7 Å². The van der Waals surface area contributed by atoms with Crippen LogP contribution < -0.4 is 0 Å². The van der Waals surface area contributed by atoms with Gasteiger partial charge in [0.25, 0.3) is 0 Å². The van der Waals surface area contributed by atoms with E-state index in [2.05, 4.69) is 18.2 Å². The van der Waals surface area contributed by atoms with Crippen LogP contribution in [0.2, 0.25) is 0 Å². The number of rotatable bonds is 3. The molecule has 1 unspecified atom stereocenters. The molecule has 3 rings (SSSR count). The fraction of sp³-hybridized carbons (Fsp3) is 0.611. The van der Waals surface area contributed by atoms with Crippen LogP contribution in [0.4, 0.5) is 0 Å². The molecule has 0 spiro atoms. The third-order valence-corrected chi connectivity index (χ3v) is 4.98. The van der Waals surface area contributed by atoms with Crippen molar-refractivity contribution in [3.05, 3.63) is 35.4 Å². The molecular weight excluding hydrogens is 246 g/mol. The Labute approximate surface area is 121 Å². The number of benzene rings is 1. The minimum atomic E-state index is 0.548.